The first kappa shape index (κ1) is 24.0. The van der Waals surface area contributed by atoms with Crippen LogP contribution < -0.4 is 0 Å². The van der Waals surface area contributed by atoms with E-state index in [1.54, 1.807) is 0 Å². The van der Waals surface area contributed by atoms with Crippen molar-refractivity contribution in [2.24, 2.45) is 15.0 Å². The molecule has 0 unspecified atom stereocenters. The quantitative estimate of drug-likeness (QED) is 0.234. The molecule has 0 saturated carbocycles. The molecule has 0 amide bonds. The Kier molecular flexibility index (Phi) is 7.55. The summed E-state index contributed by atoms with van der Waals surface area (Å²) in [5, 5.41) is 1.41. The molecule has 0 radical (unpaired) electrons. The second kappa shape index (κ2) is 11.3. The Hall–Kier alpha value is -3.73. The zero-order chi connectivity index (χ0) is 24.7. The van der Waals surface area contributed by atoms with E-state index in [-0.39, 0.29) is 0 Å². The molecule has 0 saturated heterocycles. The third kappa shape index (κ3) is 6.28. The van der Waals surface area contributed by atoms with E-state index in [2.05, 4.69) is 39.2 Å². The van der Waals surface area contributed by atoms with Crippen LogP contribution in [0.4, 0.5) is 11.4 Å². The Bertz CT molecular complexity index is 1420. The van der Waals surface area contributed by atoms with E-state index >= 15 is 0 Å². The Morgan fingerprint density at radius 3 is 1.83 bits per heavy atom. The minimum Gasteiger partial charge on any atom is -0.350 e. The van der Waals surface area contributed by atoms with Crippen LogP contribution in [0, 0.1) is 0 Å². The van der Waals surface area contributed by atoms with E-state index in [0.717, 1.165) is 53.5 Å². The molecule has 178 valence electrons. The fourth-order valence-electron chi connectivity index (χ4n) is 3.99. The van der Waals surface area contributed by atoms with Gasteiger partial charge in [-0.25, -0.2) is 0 Å². The summed E-state index contributed by atoms with van der Waals surface area (Å²) in [7, 11) is 0. The largest absolute Gasteiger partial charge is 0.350 e. The lowest BCUT2D eigenvalue weighted by Crippen LogP contribution is -2.27. The maximum atomic E-state index is 6.05. The first-order chi connectivity index (χ1) is 17.6. The van der Waals surface area contributed by atoms with E-state index in [0.29, 0.717) is 10.0 Å². The second-order valence-electron chi connectivity index (χ2n) is 8.47. The Morgan fingerprint density at radius 2 is 1.28 bits per heavy atom. The van der Waals surface area contributed by atoms with Gasteiger partial charge in [0.25, 0.3) is 0 Å². The van der Waals surface area contributed by atoms with Gasteiger partial charge in [0.15, 0.2) is 0 Å². The van der Waals surface area contributed by atoms with Crippen molar-refractivity contribution in [2.75, 3.05) is 13.1 Å². The molecule has 36 heavy (non-hydrogen) atoms. The summed E-state index contributed by atoms with van der Waals surface area (Å²) >= 11 is 12.1. The molecule has 0 spiro atoms. The minimum absolute atomic E-state index is 0.702. The molecule has 0 aromatic heterocycles. The third-order valence-electron chi connectivity index (χ3n) is 5.79. The fraction of sp³-hybridized carbons (Fsp3) is 0.100. The Morgan fingerprint density at radius 1 is 0.722 bits per heavy atom. The van der Waals surface area contributed by atoms with Gasteiger partial charge in [-0.15, -0.1) is 0 Å². The van der Waals surface area contributed by atoms with Gasteiger partial charge in [0.1, 0.15) is 5.84 Å². The van der Waals surface area contributed by atoms with Crippen LogP contribution in [0.1, 0.15) is 22.3 Å². The highest BCUT2D eigenvalue weighted by Gasteiger charge is 2.18. The number of hydrogen-bond acceptors (Lipinski definition) is 4. The molecule has 0 aliphatic carbocycles. The summed E-state index contributed by atoms with van der Waals surface area (Å²) in [6.07, 6.45) is 3.65. The van der Waals surface area contributed by atoms with Crippen molar-refractivity contribution in [1.29, 1.82) is 0 Å². The van der Waals surface area contributed by atoms with E-state index in [4.69, 9.17) is 28.2 Å². The van der Waals surface area contributed by atoms with Gasteiger partial charge in [-0.3, -0.25) is 15.0 Å². The maximum absolute atomic E-state index is 6.05. The number of aliphatic imine (C=N–C) groups is 3. The molecule has 4 aromatic carbocycles. The van der Waals surface area contributed by atoms with Crippen molar-refractivity contribution >= 4 is 52.8 Å². The summed E-state index contributed by atoms with van der Waals surface area (Å²) in [4.78, 5) is 16.2. The number of rotatable bonds is 7. The summed E-state index contributed by atoms with van der Waals surface area (Å²) in [6, 6.07) is 31.8. The van der Waals surface area contributed by atoms with Crippen LogP contribution in [0.2, 0.25) is 10.0 Å². The highest BCUT2D eigenvalue weighted by Crippen LogP contribution is 2.21. The summed E-state index contributed by atoms with van der Waals surface area (Å²) in [5.74, 6) is 1.02. The lowest BCUT2D eigenvalue weighted by atomic mass is 10.1. The molecule has 0 N–H and O–H groups in total. The van der Waals surface area contributed by atoms with Crippen molar-refractivity contribution in [3.05, 3.63) is 129 Å². The molecule has 5 rings (SSSR count). The average molecular weight is 511 g/mol. The standard InChI is InChI=1S/C30H24Cl2N4/c31-26-5-1-3-23(17-26)19-34-28-11-7-22(8-12-28)21-36-16-15-33-30(36)25-9-13-29(14-10-25)35-20-24-4-2-6-27(32)18-24/h1-14,17-20H,15-16,21H2. The van der Waals surface area contributed by atoms with Crippen LogP contribution >= 0.6 is 23.2 Å². The van der Waals surface area contributed by atoms with Gasteiger partial charge < -0.3 is 4.90 Å². The minimum atomic E-state index is 0.702. The number of hydrogen-bond donors (Lipinski definition) is 0. The van der Waals surface area contributed by atoms with Gasteiger partial charge in [-0.1, -0.05) is 59.6 Å². The van der Waals surface area contributed by atoms with Crippen LogP contribution in [0.15, 0.2) is 112 Å². The van der Waals surface area contributed by atoms with Crippen LogP contribution in [0.3, 0.4) is 0 Å². The van der Waals surface area contributed by atoms with Crippen LogP contribution in [0.25, 0.3) is 0 Å². The topological polar surface area (TPSA) is 40.3 Å². The first-order valence-electron chi connectivity index (χ1n) is 11.7. The predicted molar refractivity (Wildman–Crippen MR) is 152 cm³/mol. The van der Waals surface area contributed by atoms with Gasteiger partial charge in [0.2, 0.25) is 0 Å². The monoisotopic (exact) mass is 510 g/mol. The number of amidine groups is 1. The number of nitrogens with zero attached hydrogens (tertiary/aromatic N) is 4. The Labute approximate surface area is 221 Å². The second-order valence-corrected chi connectivity index (χ2v) is 9.34. The zero-order valence-corrected chi connectivity index (χ0v) is 21.1. The van der Waals surface area contributed by atoms with E-state index in [1.165, 1.54) is 5.56 Å². The smallest absolute Gasteiger partial charge is 0.131 e. The van der Waals surface area contributed by atoms with Crippen LogP contribution in [0.5, 0.6) is 0 Å². The summed E-state index contributed by atoms with van der Waals surface area (Å²) in [6.45, 7) is 2.50. The third-order valence-corrected chi connectivity index (χ3v) is 6.26. The number of halogens is 2. The predicted octanol–water partition coefficient (Wildman–Crippen LogP) is 7.76. The number of benzene rings is 4. The van der Waals surface area contributed by atoms with E-state index < -0.39 is 0 Å². The van der Waals surface area contributed by atoms with Crippen molar-refractivity contribution in [3.63, 3.8) is 0 Å². The van der Waals surface area contributed by atoms with Crippen LogP contribution in [-0.4, -0.2) is 36.3 Å². The molecular weight excluding hydrogens is 487 g/mol. The van der Waals surface area contributed by atoms with E-state index in [1.807, 2.05) is 85.2 Å². The molecule has 0 bridgehead atoms. The first-order valence-corrected chi connectivity index (χ1v) is 12.5. The van der Waals surface area contributed by atoms with Gasteiger partial charge in [0, 0.05) is 41.1 Å². The van der Waals surface area contributed by atoms with Gasteiger partial charge >= 0.3 is 0 Å². The van der Waals surface area contributed by atoms with Crippen LogP contribution in [-0.2, 0) is 6.54 Å². The van der Waals surface area contributed by atoms with Crippen molar-refractivity contribution in [1.82, 2.24) is 4.90 Å². The van der Waals surface area contributed by atoms with Gasteiger partial charge in [-0.2, -0.15) is 0 Å². The average Bonchev–Trinajstić information content (AvgIpc) is 3.35. The molecular formula is C30H24Cl2N4. The van der Waals surface area contributed by atoms with Crippen molar-refractivity contribution in [3.8, 4) is 0 Å². The lowest BCUT2D eigenvalue weighted by Gasteiger charge is -2.20. The molecule has 4 nitrogen and oxygen atoms in total. The zero-order valence-electron chi connectivity index (χ0n) is 19.6. The molecule has 4 aromatic rings. The maximum Gasteiger partial charge on any atom is 0.131 e. The summed E-state index contributed by atoms with van der Waals surface area (Å²) < 4.78 is 0. The fourth-order valence-corrected chi connectivity index (χ4v) is 4.38. The van der Waals surface area contributed by atoms with Crippen molar-refractivity contribution in [2.45, 2.75) is 6.54 Å². The highest BCUT2D eigenvalue weighted by molar-refractivity contribution is 6.31. The van der Waals surface area contributed by atoms with E-state index in [9.17, 15) is 0 Å². The molecule has 1 aliphatic rings. The highest BCUT2D eigenvalue weighted by atomic mass is 35.5. The Balaban J connectivity index is 1.22. The van der Waals surface area contributed by atoms with Gasteiger partial charge in [0.05, 0.1) is 17.9 Å². The van der Waals surface area contributed by atoms with Crippen molar-refractivity contribution < 1.29 is 0 Å². The molecule has 0 atom stereocenters. The van der Waals surface area contributed by atoms with Gasteiger partial charge in [-0.05, 0) is 77.4 Å². The SMILES string of the molecule is Clc1cccc(C=Nc2ccc(CN3CCN=C3c3ccc(N=Cc4cccc(Cl)c4)cc3)cc2)c1. The normalized spacial score (nSPS) is 13.6. The molecule has 1 heterocycles. The molecule has 1 aliphatic heterocycles. The lowest BCUT2D eigenvalue weighted by molar-refractivity contribution is 0.453. The molecule has 6 heteroatoms. The summed E-state index contributed by atoms with van der Waals surface area (Å²) in [5.41, 5.74) is 6.05. The molecule has 0 fully saturated rings.